The lowest BCUT2D eigenvalue weighted by molar-refractivity contribution is 0.143. The number of nitrogens with one attached hydrogen (secondary N) is 1. The molecule has 172 valence electrons. The molecule has 2 heterocycles. The molecule has 6 nitrogen and oxygen atoms in total. The maximum absolute atomic E-state index is 13.3. The number of aromatic nitrogens is 1. The van der Waals surface area contributed by atoms with Crippen molar-refractivity contribution >= 4 is 20.8 Å². The van der Waals surface area contributed by atoms with E-state index < -0.39 is 10.0 Å². The van der Waals surface area contributed by atoms with Crippen molar-refractivity contribution in [1.82, 2.24) is 19.5 Å². The van der Waals surface area contributed by atoms with Gasteiger partial charge in [0.25, 0.3) is 0 Å². The molecule has 0 saturated carbocycles. The van der Waals surface area contributed by atoms with Gasteiger partial charge in [-0.05, 0) is 13.5 Å². The first-order valence-corrected chi connectivity index (χ1v) is 13.2. The van der Waals surface area contributed by atoms with Crippen LogP contribution >= 0.6 is 0 Å². The third-order valence-electron chi connectivity index (χ3n) is 6.22. The van der Waals surface area contributed by atoms with E-state index in [1.807, 2.05) is 24.3 Å². The molecule has 3 rings (SSSR count). The van der Waals surface area contributed by atoms with E-state index in [1.54, 1.807) is 6.20 Å². The van der Waals surface area contributed by atoms with Gasteiger partial charge in [-0.25, -0.2) is 13.1 Å². The molecule has 0 unspecified atom stereocenters. The zero-order valence-corrected chi connectivity index (χ0v) is 19.9. The minimum Gasteiger partial charge on any atom is -0.304 e. The molecule has 1 fully saturated rings. The van der Waals surface area contributed by atoms with Gasteiger partial charge < -0.3 is 4.90 Å². The zero-order chi connectivity index (χ0) is 22.1. The van der Waals surface area contributed by atoms with Crippen molar-refractivity contribution in [3.8, 4) is 0 Å². The van der Waals surface area contributed by atoms with Gasteiger partial charge in [-0.1, -0.05) is 69.7 Å². The number of piperazine rings is 1. The number of hydrogen-bond acceptors (Lipinski definition) is 5. The number of nitrogens with zero attached hydrogens (tertiary/aromatic N) is 3. The second kappa shape index (κ2) is 11.9. The summed E-state index contributed by atoms with van der Waals surface area (Å²) in [6.07, 6.45) is 11.3. The summed E-state index contributed by atoms with van der Waals surface area (Å²) in [6, 6.07) is 7.45. The molecule has 7 heteroatoms. The molecule has 0 amide bonds. The standard InChI is InChI=1S/C24H38N4O2S/c1-3-4-5-6-7-8-12-22(20-28-16-14-27(2)15-17-28)26-31(29,30)24-19-25-18-21-11-9-10-13-23(21)24/h9-11,13,18-19,22,26H,3-8,12,14-17,20H2,1-2H3/t22-/m1/s1. The van der Waals surface area contributed by atoms with Crippen molar-refractivity contribution in [2.45, 2.75) is 62.8 Å². The minimum absolute atomic E-state index is 0.0847. The van der Waals surface area contributed by atoms with Crippen molar-refractivity contribution in [3.63, 3.8) is 0 Å². The SMILES string of the molecule is CCCCCCCC[C@H](CN1CCN(C)CC1)NS(=O)(=O)c1cncc2ccccc12. The normalized spacial score (nSPS) is 17.2. The van der Waals surface area contributed by atoms with Crippen LogP contribution in [0.4, 0.5) is 0 Å². The maximum atomic E-state index is 13.3. The molecule has 1 saturated heterocycles. The summed E-state index contributed by atoms with van der Waals surface area (Å²) in [4.78, 5) is 9.17. The molecule has 0 aliphatic carbocycles. The van der Waals surface area contributed by atoms with Gasteiger partial charge in [0.05, 0.1) is 0 Å². The number of likely N-dealkylation sites (N-methyl/N-ethyl adjacent to an activating group) is 1. The highest BCUT2D eigenvalue weighted by Crippen LogP contribution is 2.22. The molecule has 1 aliphatic rings. The molecule has 1 aromatic carbocycles. The maximum Gasteiger partial charge on any atom is 0.243 e. The Balaban J connectivity index is 1.69. The second-order valence-corrected chi connectivity index (χ2v) is 10.5. The van der Waals surface area contributed by atoms with E-state index in [4.69, 9.17) is 0 Å². The predicted octanol–water partition coefficient (Wildman–Crippen LogP) is 3.88. The van der Waals surface area contributed by atoms with E-state index in [-0.39, 0.29) is 10.9 Å². The Bertz CT molecular complexity index is 905. The molecular weight excluding hydrogens is 408 g/mol. The van der Waals surface area contributed by atoms with Crippen molar-refractivity contribution < 1.29 is 8.42 Å². The van der Waals surface area contributed by atoms with Gasteiger partial charge in [-0.2, -0.15) is 0 Å². The number of hydrogen-bond donors (Lipinski definition) is 1. The van der Waals surface area contributed by atoms with Crippen LogP contribution in [0.5, 0.6) is 0 Å². The Kier molecular flexibility index (Phi) is 9.26. The van der Waals surface area contributed by atoms with Gasteiger partial charge in [-0.15, -0.1) is 0 Å². The summed E-state index contributed by atoms with van der Waals surface area (Å²) >= 11 is 0. The Labute approximate surface area is 188 Å². The van der Waals surface area contributed by atoms with Crippen LogP contribution in [0.25, 0.3) is 10.8 Å². The van der Waals surface area contributed by atoms with Crippen LogP contribution in [0.15, 0.2) is 41.6 Å². The fourth-order valence-electron chi connectivity index (χ4n) is 4.29. The number of sulfonamides is 1. The Hall–Kier alpha value is -1.54. The molecule has 1 aliphatic heterocycles. The first-order valence-electron chi connectivity index (χ1n) is 11.8. The number of benzene rings is 1. The lowest BCUT2D eigenvalue weighted by Crippen LogP contribution is -2.50. The largest absolute Gasteiger partial charge is 0.304 e. The average molecular weight is 447 g/mol. The first kappa shape index (κ1) is 24.1. The lowest BCUT2D eigenvalue weighted by atomic mass is 10.1. The van der Waals surface area contributed by atoms with Crippen LogP contribution in [0.1, 0.15) is 51.9 Å². The van der Waals surface area contributed by atoms with Crippen molar-refractivity contribution in [3.05, 3.63) is 36.7 Å². The summed E-state index contributed by atoms with van der Waals surface area (Å²) in [5.74, 6) is 0. The molecule has 1 aromatic heterocycles. The van der Waals surface area contributed by atoms with E-state index in [9.17, 15) is 8.42 Å². The van der Waals surface area contributed by atoms with E-state index >= 15 is 0 Å². The fraction of sp³-hybridized carbons (Fsp3) is 0.625. The summed E-state index contributed by atoms with van der Waals surface area (Å²) in [5.41, 5.74) is 0. The number of rotatable bonds is 12. The van der Waals surface area contributed by atoms with Gasteiger partial charge in [0.15, 0.2) is 0 Å². The molecule has 1 N–H and O–H groups in total. The Morgan fingerprint density at radius 1 is 1.00 bits per heavy atom. The summed E-state index contributed by atoms with van der Waals surface area (Å²) < 4.78 is 29.7. The third kappa shape index (κ3) is 7.24. The van der Waals surface area contributed by atoms with Crippen molar-refractivity contribution in [2.75, 3.05) is 39.8 Å². The Morgan fingerprint density at radius 2 is 1.71 bits per heavy atom. The molecular formula is C24H38N4O2S. The molecule has 1 atom stereocenters. The molecule has 0 radical (unpaired) electrons. The topological polar surface area (TPSA) is 65.5 Å². The van der Waals surface area contributed by atoms with Crippen LogP contribution < -0.4 is 4.72 Å². The highest BCUT2D eigenvalue weighted by molar-refractivity contribution is 7.89. The van der Waals surface area contributed by atoms with Crippen LogP contribution in [0.2, 0.25) is 0 Å². The lowest BCUT2D eigenvalue weighted by Gasteiger charge is -2.34. The average Bonchev–Trinajstić information content (AvgIpc) is 2.77. The zero-order valence-electron chi connectivity index (χ0n) is 19.1. The van der Waals surface area contributed by atoms with E-state index in [1.165, 1.54) is 31.9 Å². The summed E-state index contributed by atoms with van der Waals surface area (Å²) in [7, 11) is -1.51. The van der Waals surface area contributed by atoms with Gasteiger partial charge in [0, 0.05) is 61.9 Å². The van der Waals surface area contributed by atoms with Gasteiger partial charge >= 0.3 is 0 Å². The highest BCUT2D eigenvalue weighted by atomic mass is 32.2. The van der Waals surface area contributed by atoms with Crippen molar-refractivity contribution in [1.29, 1.82) is 0 Å². The van der Waals surface area contributed by atoms with Crippen LogP contribution in [0.3, 0.4) is 0 Å². The van der Waals surface area contributed by atoms with Gasteiger partial charge in [0.2, 0.25) is 10.0 Å². The number of pyridine rings is 1. The second-order valence-electron chi connectivity index (χ2n) is 8.84. The van der Waals surface area contributed by atoms with E-state index in [0.717, 1.165) is 62.8 Å². The van der Waals surface area contributed by atoms with Crippen molar-refractivity contribution in [2.24, 2.45) is 0 Å². The van der Waals surface area contributed by atoms with Gasteiger partial charge in [0.1, 0.15) is 4.90 Å². The summed E-state index contributed by atoms with van der Waals surface area (Å²) in [6.45, 7) is 7.03. The highest BCUT2D eigenvalue weighted by Gasteiger charge is 2.25. The van der Waals surface area contributed by atoms with Crippen LogP contribution in [-0.4, -0.2) is 69.0 Å². The fourth-order valence-corrected chi connectivity index (χ4v) is 5.72. The monoisotopic (exact) mass is 446 g/mol. The molecule has 0 spiro atoms. The minimum atomic E-state index is -3.65. The predicted molar refractivity (Wildman–Crippen MR) is 128 cm³/mol. The summed E-state index contributed by atoms with van der Waals surface area (Å²) in [5, 5.41) is 1.57. The molecule has 31 heavy (non-hydrogen) atoms. The third-order valence-corrected chi connectivity index (χ3v) is 7.77. The number of fused-ring (bicyclic) bond motifs is 1. The van der Waals surface area contributed by atoms with Crippen LogP contribution in [-0.2, 0) is 10.0 Å². The van der Waals surface area contributed by atoms with E-state index in [2.05, 4.69) is 33.5 Å². The quantitative estimate of drug-likeness (QED) is 0.501. The first-order chi connectivity index (χ1) is 15.0. The smallest absolute Gasteiger partial charge is 0.243 e. The van der Waals surface area contributed by atoms with Crippen LogP contribution in [0, 0.1) is 0 Å². The number of unbranched alkanes of at least 4 members (excludes halogenated alkanes) is 5. The Morgan fingerprint density at radius 3 is 2.48 bits per heavy atom. The molecule has 2 aromatic rings. The van der Waals surface area contributed by atoms with Gasteiger partial charge in [-0.3, -0.25) is 9.88 Å². The molecule has 0 bridgehead atoms. The van der Waals surface area contributed by atoms with E-state index in [0.29, 0.717) is 0 Å².